The molecule has 0 atom stereocenters. The second-order valence-electron chi connectivity index (χ2n) is 2.25. The zero-order valence-corrected chi connectivity index (χ0v) is 7.77. The molecule has 0 bridgehead atoms. The third-order valence-corrected chi connectivity index (χ3v) is 1.38. The number of nitriles is 2. The Morgan fingerprint density at radius 1 is 1.14 bits per heavy atom. The van der Waals surface area contributed by atoms with Gasteiger partial charge in [0.1, 0.15) is 6.07 Å². The number of nitrogens with zero attached hydrogens (tertiary/aromatic N) is 2. The highest BCUT2D eigenvalue weighted by Gasteiger charge is 1.97. The molecule has 0 saturated heterocycles. The minimum atomic E-state index is 0.302. The highest BCUT2D eigenvalue weighted by atomic mass is 14.3. The molecule has 0 aromatic rings. The lowest BCUT2D eigenvalue weighted by Crippen LogP contribution is -1.81. The molecule has 0 N–H and O–H groups in total. The van der Waals surface area contributed by atoms with Gasteiger partial charge in [-0.2, -0.15) is 10.5 Å². The molecule has 14 heavy (non-hydrogen) atoms. The minimum Gasteiger partial charge on any atom is -0.193 e. The van der Waals surface area contributed by atoms with Crippen molar-refractivity contribution in [2.75, 3.05) is 0 Å². The smallest absolute Gasteiger partial charge is 0.101 e. The van der Waals surface area contributed by atoms with Crippen LogP contribution in [0.3, 0.4) is 0 Å². The molecular formula is C12H10N2. The first kappa shape index (κ1) is 11.7. The summed E-state index contributed by atoms with van der Waals surface area (Å²) in [4.78, 5) is 0. The van der Waals surface area contributed by atoms with Crippen LogP contribution in [0.5, 0.6) is 0 Å². The fraction of sp³-hybridized carbons (Fsp3) is 0. The van der Waals surface area contributed by atoms with E-state index in [0.29, 0.717) is 11.1 Å². The van der Waals surface area contributed by atoms with Crippen molar-refractivity contribution in [2.24, 2.45) is 0 Å². The van der Waals surface area contributed by atoms with Gasteiger partial charge in [-0.05, 0) is 5.57 Å². The van der Waals surface area contributed by atoms with Crippen LogP contribution in [-0.4, -0.2) is 0 Å². The first-order valence-corrected chi connectivity index (χ1v) is 3.92. The zero-order valence-electron chi connectivity index (χ0n) is 7.77. The van der Waals surface area contributed by atoms with Crippen LogP contribution in [-0.2, 0) is 0 Å². The minimum absolute atomic E-state index is 0.302. The van der Waals surface area contributed by atoms with E-state index < -0.39 is 0 Å². The van der Waals surface area contributed by atoms with Crippen LogP contribution in [0.4, 0.5) is 0 Å². The van der Waals surface area contributed by atoms with E-state index in [9.17, 15) is 0 Å². The quantitative estimate of drug-likeness (QED) is 0.495. The van der Waals surface area contributed by atoms with Crippen LogP contribution < -0.4 is 0 Å². The highest BCUT2D eigenvalue weighted by molar-refractivity contribution is 5.51. The van der Waals surface area contributed by atoms with Gasteiger partial charge >= 0.3 is 0 Å². The topological polar surface area (TPSA) is 47.6 Å². The molecule has 0 aliphatic carbocycles. The molecular weight excluding hydrogens is 172 g/mol. The van der Waals surface area contributed by atoms with Crippen molar-refractivity contribution in [3.05, 3.63) is 60.8 Å². The monoisotopic (exact) mass is 182 g/mol. The normalized spacial score (nSPS) is 11.9. The van der Waals surface area contributed by atoms with E-state index in [1.807, 2.05) is 6.07 Å². The summed E-state index contributed by atoms with van der Waals surface area (Å²) in [6.07, 6.45) is 9.49. The van der Waals surface area contributed by atoms with Gasteiger partial charge < -0.3 is 0 Å². The van der Waals surface area contributed by atoms with Gasteiger partial charge in [0, 0.05) is 6.08 Å². The molecule has 0 aliphatic heterocycles. The molecule has 0 aromatic carbocycles. The van der Waals surface area contributed by atoms with E-state index in [1.165, 1.54) is 12.2 Å². The Kier molecular flexibility index (Phi) is 6.12. The predicted octanol–water partition coefficient (Wildman–Crippen LogP) is 2.81. The molecule has 2 nitrogen and oxygen atoms in total. The Hall–Kier alpha value is -2.32. The van der Waals surface area contributed by atoms with Crippen LogP contribution in [0.2, 0.25) is 0 Å². The van der Waals surface area contributed by atoms with Gasteiger partial charge in [0.25, 0.3) is 0 Å². The van der Waals surface area contributed by atoms with Crippen molar-refractivity contribution in [1.29, 1.82) is 10.5 Å². The maximum Gasteiger partial charge on any atom is 0.101 e. The van der Waals surface area contributed by atoms with Crippen LogP contribution in [0.15, 0.2) is 60.8 Å². The van der Waals surface area contributed by atoms with Crippen LogP contribution in [0, 0.1) is 22.7 Å². The molecule has 0 heterocycles. The fourth-order valence-electron chi connectivity index (χ4n) is 0.750. The van der Waals surface area contributed by atoms with Crippen LogP contribution >= 0.6 is 0 Å². The van der Waals surface area contributed by atoms with Gasteiger partial charge in [0.15, 0.2) is 0 Å². The van der Waals surface area contributed by atoms with Gasteiger partial charge in [-0.25, -0.2) is 0 Å². The van der Waals surface area contributed by atoms with Crippen molar-refractivity contribution in [3.8, 4) is 12.1 Å². The van der Waals surface area contributed by atoms with E-state index in [0.717, 1.165) is 0 Å². The SMILES string of the molecule is C=C\C=C/C=C(C=C)/C(C#N)=C\C#N. The standard InChI is InChI=1S/C12H10N2/c1-3-5-6-7-11(4-2)12(10-14)8-9-13/h3-8H,1-2H2/b6-5-,11-7+,12-8-. The second-order valence-corrected chi connectivity index (χ2v) is 2.25. The van der Waals surface area contributed by atoms with Crippen molar-refractivity contribution in [2.45, 2.75) is 0 Å². The molecule has 0 spiro atoms. The Morgan fingerprint density at radius 3 is 2.29 bits per heavy atom. The average molecular weight is 182 g/mol. The molecule has 0 saturated carbocycles. The summed E-state index contributed by atoms with van der Waals surface area (Å²) in [6.45, 7) is 7.07. The van der Waals surface area contributed by atoms with E-state index >= 15 is 0 Å². The van der Waals surface area contributed by atoms with E-state index in [-0.39, 0.29) is 0 Å². The van der Waals surface area contributed by atoms with Gasteiger partial charge in [-0.15, -0.1) is 0 Å². The summed E-state index contributed by atoms with van der Waals surface area (Å²) in [5.41, 5.74) is 0.920. The lowest BCUT2D eigenvalue weighted by Gasteiger charge is -1.94. The second kappa shape index (κ2) is 7.34. The number of hydrogen-bond donors (Lipinski definition) is 0. The summed E-state index contributed by atoms with van der Waals surface area (Å²) < 4.78 is 0. The lowest BCUT2D eigenvalue weighted by molar-refractivity contribution is 1.45. The molecule has 0 aromatic heterocycles. The maximum atomic E-state index is 8.71. The summed E-state index contributed by atoms with van der Waals surface area (Å²) in [6, 6.07) is 3.73. The highest BCUT2D eigenvalue weighted by Crippen LogP contribution is 2.09. The zero-order chi connectivity index (χ0) is 10.8. The molecule has 0 aliphatic rings. The van der Waals surface area contributed by atoms with Gasteiger partial charge in [-0.1, -0.05) is 43.5 Å². The van der Waals surface area contributed by atoms with E-state index in [2.05, 4.69) is 13.2 Å². The number of rotatable bonds is 4. The van der Waals surface area contributed by atoms with Gasteiger partial charge in [0.05, 0.1) is 11.6 Å². The van der Waals surface area contributed by atoms with Crippen LogP contribution in [0.25, 0.3) is 0 Å². The summed E-state index contributed by atoms with van der Waals surface area (Å²) in [5, 5.41) is 17.1. The predicted molar refractivity (Wildman–Crippen MR) is 56.9 cm³/mol. The molecule has 68 valence electrons. The number of allylic oxidation sites excluding steroid dienone is 8. The average Bonchev–Trinajstić information content (AvgIpc) is 2.22. The van der Waals surface area contributed by atoms with Crippen molar-refractivity contribution in [1.82, 2.24) is 0 Å². The molecule has 0 unspecified atom stereocenters. The van der Waals surface area contributed by atoms with E-state index in [4.69, 9.17) is 10.5 Å². The fourth-order valence-corrected chi connectivity index (χ4v) is 0.750. The Balaban J connectivity index is 5.00. The summed E-state index contributed by atoms with van der Waals surface area (Å²) in [5.74, 6) is 0. The Bertz CT molecular complexity index is 382. The summed E-state index contributed by atoms with van der Waals surface area (Å²) >= 11 is 0. The Morgan fingerprint density at radius 2 is 1.86 bits per heavy atom. The molecule has 0 radical (unpaired) electrons. The van der Waals surface area contributed by atoms with E-state index in [1.54, 1.807) is 30.4 Å². The van der Waals surface area contributed by atoms with Crippen molar-refractivity contribution >= 4 is 0 Å². The lowest BCUT2D eigenvalue weighted by atomic mass is 10.1. The van der Waals surface area contributed by atoms with Crippen molar-refractivity contribution in [3.63, 3.8) is 0 Å². The van der Waals surface area contributed by atoms with Gasteiger partial charge in [-0.3, -0.25) is 0 Å². The molecule has 0 fully saturated rings. The first-order valence-electron chi connectivity index (χ1n) is 3.92. The largest absolute Gasteiger partial charge is 0.193 e. The maximum absolute atomic E-state index is 8.71. The third kappa shape index (κ3) is 3.90. The van der Waals surface area contributed by atoms with Gasteiger partial charge in [0.2, 0.25) is 0 Å². The summed E-state index contributed by atoms with van der Waals surface area (Å²) in [7, 11) is 0. The molecule has 2 heteroatoms. The molecule has 0 rings (SSSR count). The third-order valence-electron chi connectivity index (χ3n) is 1.38. The Labute approximate surface area is 84.1 Å². The molecule has 0 amide bonds. The van der Waals surface area contributed by atoms with Crippen molar-refractivity contribution < 1.29 is 0 Å². The first-order chi connectivity index (χ1) is 6.79. The van der Waals surface area contributed by atoms with Crippen LogP contribution in [0.1, 0.15) is 0 Å². The number of hydrogen-bond acceptors (Lipinski definition) is 2.